The molecule has 2 N–H and O–H groups in total. The zero-order chi connectivity index (χ0) is 14.8. The Kier molecular flexibility index (Phi) is 3.31. The van der Waals surface area contributed by atoms with Gasteiger partial charge in [-0.05, 0) is 55.0 Å². The maximum Gasteiger partial charge on any atom is 0.258 e. The number of ether oxygens (including phenoxy) is 1. The van der Waals surface area contributed by atoms with Gasteiger partial charge in [0.05, 0.1) is 7.11 Å². The Labute approximate surface area is 122 Å². The van der Waals surface area contributed by atoms with Crippen LogP contribution in [-0.2, 0) is 0 Å². The van der Waals surface area contributed by atoms with Crippen LogP contribution in [0.2, 0.25) is 0 Å². The Hall–Kier alpha value is -2.82. The number of benzene rings is 2. The van der Waals surface area contributed by atoms with E-state index in [9.17, 15) is 0 Å². The molecule has 0 radical (unpaired) electrons. The minimum Gasteiger partial charge on any atom is -0.496 e. The van der Waals surface area contributed by atoms with E-state index in [-0.39, 0.29) is 0 Å². The van der Waals surface area contributed by atoms with Gasteiger partial charge in [0, 0.05) is 16.8 Å². The number of nitrogens with two attached hydrogens (primary N) is 1. The SMILES string of the molecule is COc1ccc(-c2noc(-c3ccc(N)cc3)n2)cc1C. The van der Waals surface area contributed by atoms with E-state index in [4.69, 9.17) is 15.0 Å². The van der Waals surface area contributed by atoms with Crippen molar-refractivity contribution in [2.45, 2.75) is 6.92 Å². The highest BCUT2D eigenvalue weighted by atomic mass is 16.5. The topological polar surface area (TPSA) is 74.2 Å². The summed E-state index contributed by atoms with van der Waals surface area (Å²) in [5.41, 5.74) is 9.12. The second-order valence-corrected chi connectivity index (χ2v) is 4.73. The van der Waals surface area contributed by atoms with Crippen molar-refractivity contribution in [2.75, 3.05) is 12.8 Å². The molecule has 5 nitrogen and oxygen atoms in total. The van der Waals surface area contributed by atoms with Crippen LogP contribution in [0.4, 0.5) is 5.69 Å². The Morgan fingerprint density at radius 3 is 2.43 bits per heavy atom. The van der Waals surface area contributed by atoms with Gasteiger partial charge in [0.25, 0.3) is 5.89 Å². The van der Waals surface area contributed by atoms with E-state index in [1.54, 1.807) is 19.2 Å². The molecule has 0 amide bonds. The Balaban J connectivity index is 1.94. The van der Waals surface area contributed by atoms with Crippen LogP contribution in [0.25, 0.3) is 22.8 Å². The van der Waals surface area contributed by atoms with Crippen LogP contribution in [0.3, 0.4) is 0 Å². The van der Waals surface area contributed by atoms with Gasteiger partial charge in [-0.25, -0.2) is 0 Å². The fraction of sp³-hybridized carbons (Fsp3) is 0.125. The van der Waals surface area contributed by atoms with Crippen LogP contribution in [0.5, 0.6) is 5.75 Å². The fourth-order valence-electron chi connectivity index (χ4n) is 2.10. The molecule has 0 bridgehead atoms. The van der Waals surface area contributed by atoms with E-state index in [1.807, 2.05) is 37.3 Å². The normalized spacial score (nSPS) is 10.6. The van der Waals surface area contributed by atoms with Crippen LogP contribution in [-0.4, -0.2) is 17.3 Å². The first kappa shape index (κ1) is 13.2. The fourth-order valence-corrected chi connectivity index (χ4v) is 2.10. The van der Waals surface area contributed by atoms with Gasteiger partial charge in [0.1, 0.15) is 5.75 Å². The Morgan fingerprint density at radius 1 is 1.05 bits per heavy atom. The molecule has 0 saturated heterocycles. The summed E-state index contributed by atoms with van der Waals surface area (Å²) in [6.45, 7) is 1.98. The van der Waals surface area contributed by atoms with Crippen LogP contribution in [0.15, 0.2) is 47.0 Å². The van der Waals surface area contributed by atoms with E-state index in [1.165, 1.54) is 0 Å². The minimum atomic E-state index is 0.471. The highest BCUT2D eigenvalue weighted by Gasteiger charge is 2.11. The molecule has 3 aromatic rings. The maximum atomic E-state index is 5.67. The molecular weight excluding hydrogens is 266 g/mol. The standard InChI is InChI=1S/C16H15N3O2/c1-10-9-12(5-8-14(10)20-2)15-18-16(21-19-15)11-3-6-13(17)7-4-11/h3-9H,17H2,1-2H3. The summed E-state index contributed by atoms with van der Waals surface area (Å²) in [6.07, 6.45) is 0. The molecule has 0 aliphatic carbocycles. The van der Waals surface area contributed by atoms with E-state index < -0.39 is 0 Å². The summed E-state index contributed by atoms with van der Waals surface area (Å²) < 4.78 is 10.6. The molecule has 1 heterocycles. The largest absolute Gasteiger partial charge is 0.496 e. The number of aryl methyl sites for hydroxylation is 1. The molecule has 21 heavy (non-hydrogen) atoms. The predicted molar refractivity (Wildman–Crippen MR) is 80.9 cm³/mol. The van der Waals surface area contributed by atoms with Crippen molar-refractivity contribution in [2.24, 2.45) is 0 Å². The first-order valence-electron chi connectivity index (χ1n) is 6.52. The molecular formula is C16H15N3O2. The smallest absolute Gasteiger partial charge is 0.258 e. The Morgan fingerprint density at radius 2 is 1.76 bits per heavy atom. The predicted octanol–water partition coefficient (Wildman–Crippen LogP) is 3.30. The molecule has 0 fully saturated rings. The van der Waals surface area contributed by atoms with Crippen molar-refractivity contribution in [3.63, 3.8) is 0 Å². The number of aromatic nitrogens is 2. The Bertz CT molecular complexity index is 763. The number of anilines is 1. The van der Waals surface area contributed by atoms with E-state index >= 15 is 0 Å². The molecule has 106 valence electrons. The van der Waals surface area contributed by atoms with Gasteiger partial charge in [-0.2, -0.15) is 4.98 Å². The molecule has 1 aromatic heterocycles. The summed E-state index contributed by atoms with van der Waals surface area (Å²) in [5, 5.41) is 4.02. The summed E-state index contributed by atoms with van der Waals surface area (Å²) in [7, 11) is 1.65. The quantitative estimate of drug-likeness (QED) is 0.745. The van der Waals surface area contributed by atoms with E-state index in [0.29, 0.717) is 17.4 Å². The molecule has 2 aromatic carbocycles. The molecule has 5 heteroatoms. The number of nitrogen functional groups attached to an aromatic ring is 1. The third kappa shape index (κ3) is 2.58. The lowest BCUT2D eigenvalue weighted by Crippen LogP contribution is -1.88. The summed E-state index contributed by atoms with van der Waals surface area (Å²) >= 11 is 0. The lowest BCUT2D eigenvalue weighted by molar-refractivity contribution is 0.411. The van der Waals surface area contributed by atoms with Crippen LogP contribution in [0.1, 0.15) is 5.56 Å². The third-order valence-corrected chi connectivity index (χ3v) is 3.24. The average molecular weight is 281 g/mol. The van der Waals surface area contributed by atoms with Crippen LogP contribution in [0, 0.1) is 6.92 Å². The highest BCUT2D eigenvalue weighted by molar-refractivity contribution is 5.62. The molecule has 3 rings (SSSR count). The van der Waals surface area contributed by atoms with Crippen molar-refractivity contribution in [1.82, 2.24) is 10.1 Å². The number of hydrogen-bond acceptors (Lipinski definition) is 5. The summed E-state index contributed by atoms with van der Waals surface area (Å²) in [5.74, 6) is 1.85. The highest BCUT2D eigenvalue weighted by Crippen LogP contribution is 2.26. The molecule has 0 unspecified atom stereocenters. The molecule has 0 atom stereocenters. The summed E-state index contributed by atoms with van der Waals surface area (Å²) in [6, 6.07) is 13.1. The van der Waals surface area contributed by atoms with Gasteiger partial charge in [0.2, 0.25) is 5.82 Å². The minimum absolute atomic E-state index is 0.471. The summed E-state index contributed by atoms with van der Waals surface area (Å²) in [4.78, 5) is 4.42. The average Bonchev–Trinajstić information content (AvgIpc) is 2.98. The molecule has 0 saturated carbocycles. The van der Waals surface area contributed by atoms with E-state index in [2.05, 4.69) is 10.1 Å². The van der Waals surface area contributed by atoms with Gasteiger partial charge in [-0.3, -0.25) is 0 Å². The molecule has 0 spiro atoms. The van der Waals surface area contributed by atoms with Crippen molar-refractivity contribution < 1.29 is 9.26 Å². The zero-order valence-corrected chi connectivity index (χ0v) is 11.8. The monoisotopic (exact) mass is 281 g/mol. The van der Waals surface area contributed by atoms with Crippen molar-refractivity contribution >= 4 is 5.69 Å². The molecule has 0 aliphatic rings. The van der Waals surface area contributed by atoms with Gasteiger partial charge < -0.3 is 15.0 Å². The van der Waals surface area contributed by atoms with Crippen molar-refractivity contribution in [3.8, 4) is 28.6 Å². The third-order valence-electron chi connectivity index (χ3n) is 3.24. The number of methoxy groups -OCH3 is 1. The zero-order valence-electron chi connectivity index (χ0n) is 11.8. The van der Waals surface area contributed by atoms with Crippen LogP contribution >= 0.6 is 0 Å². The number of nitrogens with zero attached hydrogens (tertiary/aromatic N) is 2. The first-order valence-corrected chi connectivity index (χ1v) is 6.52. The van der Waals surface area contributed by atoms with E-state index in [0.717, 1.165) is 22.4 Å². The molecule has 0 aliphatic heterocycles. The van der Waals surface area contributed by atoms with Gasteiger partial charge in [-0.1, -0.05) is 5.16 Å². The second-order valence-electron chi connectivity index (χ2n) is 4.73. The maximum absolute atomic E-state index is 5.67. The van der Waals surface area contributed by atoms with Crippen molar-refractivity contribution in [1.29, 1.82) is 0 Å². The van der Waals surface area contributed by atoms with Gasteiger partial charge in [0.15, 0.2) is 0 Å². The number of hydrogen-bond donors (Lipinski definition) is 1. The number of rotatable bonds is 3. The lowest BCUT2D eigenvalue weighted by atomic mass is 10.1. The lowest BCUT2D eigenvalue weighted by Gasteiger charge is -2.04. The van der Waals surface area contributed by atoms with Crippen molar-refractivity contribution in [3.05, 3.63) is 48.0 Å². The first-order chi connectivity index (χ1) is 10.2. The van der Waals surface area contributed by atoms with Crippen LogP contribution < -0.4 is 10.5 Å². The van der Waals surface area contributed by atoms with Gasteiger partial charge >= 0.3 is 0 Å². The van der Waals surface area contributed by atoms with Gasteiger partial charge in [-0.15, -0.1) is 0 Å². The second kappa shape index (κ2) is 5.28.